The minimum Gasteiger partial charge on any atom is -0.367 e. The molecule has 0 saturated heterocycles. The predicted octanol–water partition coefficient (Wildman–Crippen LogP) is 6.01. The number of halogens is 4. The van der Waals surface area contributed by atoms with Crippen LogP contribution < -0.4 is 10.9 Å². The van der Waals surface area contributed by atoms with Crippen molar-refractivity contribution < 1.29 is 18.0 Å². The summed E-state index contributed by atoms with van der Waals surface area (Å²) in [5, 5.41) is 7.99. The molecule has 1 fully saturated rings. The third-order valence-corrected chi connectivity index (χ3v) is 9.00. The van der Waals surface area contributed by atoms with Crippen molar-refractivity contribution in [3.05, 3.63) is 91.2 Å². The first-order valence-electron chi connectivity index (χ1n) is 14.4. The fourth-order valence-electron chi connectivity index (χ4n) is 6.00. The lowest BCUT2D eigenvalue weighted by Crippen LogP contribution is -2.46. The first-order chi connectivity index (χ1) is 20.8. The molecule has 13 heteroatoms. The van der Waals surface area contributed by atoms with E-state index in [0.717, 1.165) is 36.1 Å². The molecule has 1 aliphatic carbocycles. The van der Waals surface area contributed by atoms with Crippen LogP contribution in [-0.4, -0.2) is 47.2 Å². The summed E-state index contributed by atoms with van der Waals surface area (Å²) >= 11 is 2.93. The van der Waals surface area contributed by atoms with Gasteiger partial charge in [0.05, 0.1) is 35.4 Å². The van der Waals surface area contributed by atoms with Crippen LogP contribution in [0.15, 0.2) is 51.9 Å². The van der Waals surface area contributed by atoms with E-state index in [-0.39, 0.29) is 34.5 Å². The third kappa shape index (κ3) is 5.53. The van der Waals surface area contributed by atoms with Gasteiger partial charge in [-0.3, -0.25) is 9.59 Å². The van der Waals surface area contributed by atoms with Gasteiger partial charge in [-0.1, -0.05) is 22.9 Å². The van der Waals surface area contributed by atoms with E-state index in [4.69, 9.17) is 4.98 Å². The van der Waals surface area contributed by atoms with E-state index in [1.165, 1.54) is 21.6 Å². The fourth-order valence-corrected chi connectivity index (χ4v) is 6.47. The smallest absolute Gasteiger partial charge is 0.367 e. The van der Waals surface area contributed by atoms with Crippen LogP contribution in [0, 0.1) is 19.8 Å². The van der Waals surface area contributed by atoms with Crippen molar-refractivity contribution >= 4 is 27.7 Å². The van der Waals surface area contributed by atoms with Crippen LogP contribution in [-0.2, 0) is 19.1 Å². The number of nitrogens with zero attached hydrogens (tertiary/aromatic N) is 6. The zero-order valence-electron chi connectivity index (χ0n) is 24.6. The number of pyridine rings is 1. The highest BCUT2D eigenvalue weighted by atomic mass is 79.9. The van der Waals surface area contributed by atoms with E-state index < -0.39 is 23.7 Å². The average molecular weight is 671 g/mol. The molecule has 2 aliphatic rings. The van der Waals surface area contributed by atoms with E-state index in [2.05, 4.69) is 38.3 Å². The molecule has 1 amide bonds. The number of alkyl halides is 3. The molecule has 0 radical (unpaired) electrons. The molecule has 4 heterocycles. The van der Waals surface area contributed by atoms with Gasteiger partial charge in [-0.25, -0.2) is 19.2 Å². The van der Waals surface area contributed by atoms with Crippen LogP contribution >= 0.6 is 15.9 Å². The van der Waals surface area contributed by atoms with E-state index in [0.29, 0.717) is 28.9 Å². The maximum atomic E-state index is 14.2. The third-order valence-electron chi connectivity index (χ3n) is 8.31. The zero-order valence-corrected chi connectivity index (χ0v) is 26.2. The average Bonchev–Trinajstić information content (AvgIpc) is 3.29. The maximum absolute atomic E-state index is 14.2. The van der Waals surface area contributed by atoms with Crippen molar-refractivity contribution in [1.29, 1.82) is 0 Å². The molecule has 1 N–H and O–H groups in total. The molecule has 44 heavy (non-hydrogen) atoms. The number of rotatable bonds is 5. The summed E-state index contributed by atoms with van der Waals surface area (Å²) in [4.78, 5) is 38.6. The molecule has 1 saturated carbocycles. The van der Waals surface area contributed by atoms with Crippen LogP contribution in [0.25, 0.3) is 11.6 Å². The molecule has 1 atom stereocenters. The van der Waals surface area contributed by atoms with Crippen molar-refractivity contribution in [2.24, 2.45) is 5.92 Å². The van der Waals surface area contributed by atoms with Gasteiger partial charge < -0.3 is 10.2 Å². The van der Waals surface area contributed by atoms with E-state index in [1.807, 2.05) is 32.0 Å². The van der Waals surface area contributed by atoms with Gasteiger partial charge in [-0.15, -0.1) is 0 Å². The van der Waals surface area contributed by atoms with Crippen molar-refractivity contribution in [1.82, 2.24) is 29.2 Å². The number of amides is 1. The summed E-state index contributed by atoms with van der Waals surface area (Å²) in [6, 6.07) is 8.85. The number of carbonyl (C=O) groups is 1. The van der Waals surface area contributed by atoms with E-state index in [1.54, 1.807) is 17.8 Å². The number of hydrogen-bond acceptors (Lipinski definition) is 6. The second-order valence-corrected chi connectivity index (χ2v) is 12.7. The number of anilines is 1. The van der Waals surface area contributed by atoms with Crippen LogP contribution in [0.5, 0.6) is 0 Å². The Kier molecular flexibility index (Phi) is 7.63. The number of aryl methyl sites for hydroxylation is 2. The molecule has 0 unspecified atom stereocenters. The maximum Gasteiger partial charge on any atom is 0.417 e. The lowest BCUT2D eigenvalue weighted by molar-refractivity contribution is -0.138. The largest absolute Gasteiger partial charge is 0.417 e. The Balaban J connectivity index is 1.39. The first-order valence-corrected chi connectivity index (χ1v) is 15.2. The molecular formula is C31H31BrF3N7O2. The lowest BCUT2D eigenvalue weighted by atomic mass is 9.82. The highest BCUT2D eigenvalue weighted by Gasteiger charge is 2.36. The van der Waals surface area contributed by atoms with E-state index in [9.17, 15) is 22.8 Å². The van der Waals surface area contributed by atoms with E-state index >= 15 is 0 Å². The summed E-state index contributed by atoms with van der Waals surface area (Å²) in [5.74, 6) is 1.07. The second-order valence-electron chi connectivity index (χ2n) is 11.8. The fraction of sp³-hybridized carbons (Fsp3) is 0.387. The molecule has 4 aromatic rings. The Labute approximate surface area is 260 Å². The predicted molar refractivity (Wildman–Crippen MR) is 162 cm³/mol. The quantitative estimate of drug-likeness (QED) is 0.280. The van der Waals surface area contributed by atoms with Gasteiger partial charge in [0.1, 0.15) is 5.82 Å². The van der Waals surface area contributed by atoms with Crippen molar-refractivity contribution in [3.8, 4) is 11.6 Å². The van der Waals surface area contributed by atoms with Gasteiger partial charge in [-0.05, 0) is 82.3 Å². The first kappa shape index (κ1) is 30.0. The molecule has 0 bridgehead atoms. The number of carbonyl (C=O) groups excluding carboxylic acids is 1. The Bertz CT molecular complexity index is 1810. The lowest BCUT2D eigenvalue weighted by Gasteiger charge is -2.35. The summed E-state index contributed by atoms with van der Waals surface area (Å²) < 4.78 is 43.6. The van der Waals surface area contributed by atoms with Crippen LogP contribution in [0.2, 0.25) is 0 Å². The van der Waals surface area contributed by atoms with Crippen molar-refractivity contribution in [2.75, 3.05) is 5.32 Å². The Morgan fingerprint density at radius 3 is 2.45 bits per heavy atom. The van der Waals surface area contributed by atoms with Gasteiger partial charge in [0, 0.05) is 33.4 Å². The number of benzene rings is 1. The SMILES string of the molecule is Cc1cc(C)n(-c2nc3c(c(=O)n2-c2ccc(NC4CC(C)C4)nc2)C[C@@H](C)N(C(=O)c2ccc(Br)c(C(F)(F)F)c2)C3)n1. The van der Waals surface area contributed by atoms with Crippen LogP contribution in [0.3, 0.4) is 0 Å². The van der Waals surface area contributed by atoms with Crippen LogP contribution in [0.1, 0.15) is 65.3 Å². The molecule has 1 aliphatic heterocycles. The van der Waals surface area contributed by atoms with Crippen LogP contribution in [0.4, 0.5) is 19.0 Å². The van der Waals surface area contributed by atoms with Crippen molar-refractivity contribution in [2.45, 2.75) is 71.8 Å². The Morgan fingerprint density at radius 2 is 1.84 bits per heavy atom. The topological polar surface area (TPSA) is 97.9 Å². The van der Waals surface area contributed by atoms with Gasteiger partial charge in [0.2, 0.25) is 5.95 Å². The van der Waals surface area contributed by atoms with Gasteiger partial charge in [0.25, 0.3) is 11.5 Å². The molecule has 1 aromatic carbocycles. The normalized spacial score (nSPS) is 19.8. The number of fused-ring (bicyclic) bond motifs is 1. The van der Waals surface area contributed by atoms with Gasteiger partial charge >= 0.3 is 6.18 Å². The number of aromatic nitrogens is 5. The second kappa shape index (κ2) is 11.2. The monoisotopic (exact) mass is 669 g/mol. The van der Waals surface area contributed by atoms with Gasteiger partial charge in [-0.2, -0.15) is 18.3 Å². The molecule has 6 rings (SSSR count). The number of nitrogens with one attached hydrogen (secondary N) is 1. The summed E-state index contributed by atoms with van der Waals surface area (Å²) in [6.45, 7) is 7.63. The minimum atomic E-state index is -4.63. The molecule has 9 nitrogen and oxygen atoms in total. The molecule has 3 aromatic heterocycles. The van der Waals surface area contributed by atoms with Gasteiger partial charge in [0.15, 0.2) is 0 Å². The summed E-state index contributed by atoms with van der Waals surface area (Å²) in [7, 11) is 0. The molecule has 0 spiro atoms. The Hall–Kier alpha value is -4.00. The molecular weight excluding hydrogens is 639 g/mol. The standard InChI is InChI=1S/C31H31BrF3N7O2/c1-16-9-21(10-16)37-27-8-6-22(14-36-27)41-29(44)23-12-18(3)40(15-26(23)38-30(41)42-19(4)11-17(2)39-42)28(43)20-5-7-25(32)24(13-20)31(33,34)35/h5-8,11,13-14,16,18,21H,9-10,12,15H2,1-4H3,(H,36,37)/t16?,18-,21?/m1/s1. The summed E-state index contributed by atoms with van der Waals surface area (Å²) in [5.41, 5.74) is 1.46. The molecule has 230 valence electrons. The summed E-state index contributed by atoms with van der Waals surface area (Å²) in [6.07, 6.45) is -0.649. The zero-order chi connectivity index (χ0) is 31.5. The van der Waals surface area contributed by atoms with Crippen molar-refractivity contribution in [3.63, 3.8) is 0 Å². The highest BCUT2D eigenvalue weighted by Crippen LogP contribution is 2.36. The Morgan fingerprint density at radius 1 is 1.09 bits per heavy atom. The minimum absolute atomic E-state index is 0.0456. The highest BCUT2D eigenvalue weighted by molar-refractivity contribution is 9.10. The number of hydrogen-bond donors (Lipinski definition) is 1.